The molecule has 0 radical (unpaired) electrons. The number of hydrogen-bond donors (Lipinski definition) is 1. The first-order chi connectivity index (χ1) is 11.7. The summed E-state index contributed by atoms with van der Waals surface area (Å²) in [6.45, 7) is 2.64. The minimum absolute atomic E-state index is 0.0201. The van der Waals surface area contributed by atoms with Gasteiger partial charge in [-0.25, -0.2) is 9.97 Å². The number of benzene rings is 1. The Bertz CT molecular complexity index is 742. The van der Waals surface area contributed by atoms with Gasteiger partial charge in [-0.1, -0.05) is 30.3 Å². The van der Waals surface area contributed by atoms with E-state index in [1.165, 1.54) is 0 Å². The van der Waals surface area contributed by atoms with Gasteiger partial charge in [-0.3, -0.25) is 4.79 Å². The van der Waals surface area contributed by atoms with Gasteiger partial charge in [0.15, 0.2) is 0 Å². The molecule has 2 aromatic rings. The molecule has 1 saturated heterocycles. The van der Waals surface area contributed by atoms with Crippen LogP contribution < -0.4 is 5.32 Å². The van der Waals surface area contributed by atoms with Crippen LogP contribution >= 0.6 is 0 Å². The van der Waals surface area contributed by atoms with Gasteiger partial charge in [0.2, 0.25) is 5.91 Å². The quantitative estimate of drug-likeness (QED) is 0.878. The maximum atomic E-state index is 12.6. The molecule has 2 heterocycles. The third-order valence-electron chi connectivity index (χ3n) is 4.21. The number of aromatic nitrogens is 2. The first kappa shape index (κ1) is 16.2. The third kappa shape index (κ3) is 3.62. The van der Waals surface area contributed by atoms with Crippen LogP contribution in [0, 0.1) is 6.92 Å². The predicted octanol–water partition coefficient (Wildman–Crippen LogP) is 3.20. The molecule has 3 rings (SSSR count). The summed E-state index contributed by atoms with van der Waals surface area (Å²) in [4.78, 5) is 23.4. The fourth-order valence-corrected chi connectivity index (χ4v) is 3.05. The molecule has 0 bridgehead atoms. The predicted molar refractivity (Wildman–Crippen MR) is 95.5 cm³/mol. The minimum atomic E-state index is 0.0201. The molecule has 1 aromatic heterocycles. The van der Waals surface area contributed by atoms with E-state index in [0.717, 1.165) is 42.3 Å². The highest BCUT2D eigenvalue weighted by Gasteiger charge is 2.30. The number of nitrogens with zero attached hydrogens (tertiary/aromatic N) is 3. The summed E-state index contributed by atoms with van der Waals surface area (Å²) in [6.07, 6.45) is 5.45. The molecular formula is C19H22N4O. The highest BCUT2D eigenvalue weighted by atomic mass is 16.2. The molecular weight excluding hydrogens is 300 g/mol. The Hall–Kier alpha value is -2.69. The maximum Gasteiger partial charge on any atom is 0.247 e. The Kier molecular flexibility index (Phi) is 4.89. The topological polar surface area (TPSA) is 58.1 Å². The number of aryl methyl sites for hydroxylation is 1. The summed E-state index contributed by atoms with van der Waals surface area (Å²) in [5, 5.41) is 3.05. The second-order valence-corrected chi connectivity index (χ2v) is 5.91. The van der Waals surface area contributed by atoms with E-state index in [0.29, 0.717) is 0 Å². The van der Waals surface area contributed by atoms with Crippen molar-refractivity contribution in [2.45, 2.75) is 25.8 Å². The number of carbonyl (C=O) groups excluding carboxylic acids is 1. The van der Waals surface area contributed by atoms with Gasteiger partial charge in [-0.2, -0.15) is 0 Å². The zero-order valence-electron chi connectivity index (χ0n) is 14.1. The molecule has 1 unspecified atom stereocenters. The van der Waals surface area contributed by atoms with Crippen molar-refractivity contribution in [3.63, 3.8) is 0 Å². The van der Waals surface area contributed by atoms with Gasteiger partial charge in [0.1, 0.15) is 11.6 Å². The van der Waals surface area contributed by atoms with Crippen LogP contribution in [0.15, 0.2) is 42.5 Å². The number of anilines is 1. The van der Waals surface area contributed by atoms with Crippen molar-refractivity contribution in [2.24, 2.45) is 0 Å². The van der Waals surface area contributed by atoms with Crippen molar-refractivity contribution in [1.29, 1.82) is 0 Å². The van der Waals surface area contributed by atoms with Crippen LogP contribution in [-0.2, 0) is 4.79 Å². The lowest BCUT2D eigenvalue weighted by atomic mass is 10.1. The van der Waals surface area contributed by atoms with Crippen LogP contribution in [0.3, 0.4) is 0 Å². The second kappa shape index (κ2) is 7.25. The first-order valence-corrected chi connectivity index (χ1v) is 8.24. The SMILES string of the molecule is CNc1cc(C2CCCN2C(=O)/C=C/c2ccccc2)nc(C)n1. The van der Waals surface area contributed by atoms with E-state index in [-0.39, 0.29) is 11.9 Å². The Labute approximate surface area is 142 Å². The van der Waals surface area contributed by atoms with Crippen molar-refractivity contribution >= 4 is 17.8 Å². The van der Waals surface area contributed by atoms with Crippen molar-refractivity contribution in [3.8, 4) is 0 Å². The normalized spacial score (nSPS) is 17.4. The van der Waals surface area contributed by atoms with Crippen LogP contribution in [-0.4, -0.2) is 34.4 Å². The summed E-state index contributed by atoms with van der Waals surface area (Å²) in [6, 6.07) is 11.8. The van der Waals surface area contributed by atoms with Gasteiger partial charge >= 0.3 is 0 Å². The zero-order valence-corrected chi connectivity index (χ0v) is 14.1. The molecule has 1 N–H and O–H groups in total. The molecule has 0 spiro atoms. The van der Waals surface area contributed by atoms with Crippen molar-refractivity contribution in [2.75, 3.05) is 18.9 Å². The Morgan fingerprint density at radius 2 is 2.08 bits per heavy atom. The van der Waals surface area contributed by atoms with E-state index in [1.54, 1.807) is 6.08 Å². The lowest BCUT2D eigenvalue weighted by molar-refractivity contribution is -0.126. The highest BCUT2D eigenvalue weighted by molar-refractivity contribution is 5.92. The number of likely N-dealkylation sites (tertiary alicyclic amines) is 1. The zero-order chi connectivity index (χ0) is 16.9. The number of carbonyl (C=O) groups is 1. The molecule has 124 valence electrons. The summed E-state index contributed by atoms with van der Waals surface area (Å²) in [7, 11) is 1.84. The highest BCUT2D eigenvalue weighted by Crippen LogP contribution is 2.32. The van der Waals surface area contributed by atoms with Gasteiger partial charge < -0.3 is 10.2 Å². The lowest BCUT2D eigenvalue weighted by Gasteiger charge is -2.23. The maximum absolute atomic E-state index is 12.6. The minimum Gasteiger partial charge on any atom is -0.373 e. The number of hydrogen-bond acceptors (Lipinski definition) is 4. The molecule has 1 atom stereocenters. The molecule has 1 fully saturated rings. The molecule has 5 nitrogen and oxygen atoms in total. The van der Waals surface area contributed by atoms with E-state index < -0.39 is 0 Å². The molecule has 0 aliphatic carbocycles. The van der Waals surface area contributed by atoms with Gasteiger partial charge in [0.25, 0.3) is 0 Å². The third-order valence-corrected chi connectivity index (χ3v) is 4.21. The monoisotopic (exact) mass is 322 g/mol. The fraction of sp³-hybridized carbons (Fsp3) is 0.316. The molecule has 5 heteroatoms. The van der Waals surface area contributed by atoms with E-state index in [9.17, 15) is 4.79 Å². The van der Waals surface area contributed by atoms with Crippen LogP contribution in [0.5, 0.6) is 0 Å². The average molecular weight is 322 g/mol. The summed E-state index contributed by atoms with van der Waals surface area (Å²) in [5.41, 5.74) is 1.93. The van der Waals surface area contributed by atoms with E-state index in [2.05, 4.69) is 15.3 Å². The summed E-state index contributed by atoms with van der Waals surface area (Å²) in [5.74, 6) is 1.54. The number of nitrogens with one attached hydrogen (secondary N) is 1. The summed E-state index contributed by atoms with van der Waals surface area (Å²) < 4.78 is 0. The fourth-order valence-electron chi connectivity index (χ4n) is 3.05. The van der Waals surface area contributed by atoms with Gasteiger partial charge in [-0.05, 0) is 31.4 Å². The van der Waals surface area contributed by atoms with Gasteiger partial charge in [-0.15, -0.1) is 0 Å². The van der Waals surface area contributed by atoms with E-state index in [4.69, 9.17) is 0 Å². The largest absolute Gasteiger partial charge is 0.373 e. The number of amides is 1. The van der Waals surface area contributed by atoms with Crippen LogP contribution in [0.1, 0.15) is 36.0 Å². The number of rotatable bonds is 4. The second-order valence-electron chi connectivity index (χ2n) is 5.91. The van der Waals surface area contributed by atoms with Crippen LogP contribution in [0.4, 0.5) is 5.82 Å². The molecule has 24 heavy (non-hydrogen) atoms. The van der Waals surface area contributed by atoms with Crippen LogP contribution in [0.25, 0.3) is 6.08 Å². The smallest absolute Gasteiger partial charge is 0.247 e. The molecule has 1 aliphatic heterocycles. The van der Waals surface area contributed by atoms with E-state index in [1.807, 2.05) is 61.3 Å². The first-order valence-electron chi connectivity index (χ1n) is 8.24. The van der Waals surface area contributed by atoms with Gasteiger partial charge in [0.05, 0.1) is 11.7 Å². The van der Waals surface area contributed by atoms with Crippen molar-refractivity contribution in [3.05, 3.63) is 59.6 Å². The van der Waals surface area contributed by atoms with Crippen LogP contribution in [0.2, 0.25) is 0 Å². The van der Waals surface area contributed by atoms with Crippen molar-refractivity contribution in [1.82, 2.24) is 14.9 Å². The molecule has 1 amide bonds. The lowest BCUT2D eigenvalue weighted by Crippen LogP contribution is -2.29. The molecule has 1 aliphatic rings. The molecule has 1 aromatic carbocycles. The average Bonchev–Trinajstić information content (AvgIpc) is 3.10. The molecule has 0 saturated carbocycles. The Balaban J connectivity index is 1.79. The summed E-state index contributed by atoms with van der Waals surface area (Å²) >= 11 is 0. The van der Waals surface area contributed by atoms with Crippen molar-refractivity contribution < 1.29 is 4.79 Å². The Morgan fingerprint density at radius 3 is 2.83 bits per heavy atom. The van der Waals surface area contributed by atoms with E-state index >= 15 is 0 Å². The standard InChI is InChI=1S/C19H22N4O/c1-14-21-16(13-18(20-2)22-14)17-9-6-12-23(17)19(24)11-10-15-7-4-3-5-8-15/h3-5,7-8,10-11,13,17H,6,9,12H2,1-2H3,(H,20,21,22)/b11-10+. The van der Waals surface area contributed by atoms with Gasteiger partial charge in [0, 0.05) is 25.7 Å². The Morgan fingerprint density at radius 1 is 1.29 bits per heavy atom.